The minimum Gasteiger partial charge on any atom is -0.494 e. The number of benzene rings is 2. The summed E-state index contributed by atoms with van der Waals surface area (Å²) in [6, 6.07) is 15.7. The van der Waals surface area contributed by atoms with Gasteiger partial charge in [-0.1, -0.05) is 26.0 Å². The molecule has 1 fully saturated rings. The summed E-state index contributed by atoms with van der Waals surface area (Å²) in [4.78, 5) is 6.22. The van der Waals surface area contributed by atoms with Crippen molar-refractivity contribution in [2.45, 2.75) is 20.0 Å². The Morgan fingerprint density at radius 2 is 1.69 bits per heavy atom. The molecule has 2 aromatic heterocycles. The smallest absolute Gasteiger partial charge is 0.419 e. The maximum absolute atomic E-state index is 13.9. The monoisotopic (exact) mass is 540 g/mol. The lowest BCUT2D eigenvalue weighted by Gasteiger charge is -2.29. The Morgan fingerprint density at radius 3 is 2.38 bits per heavy atom. The normalized spacial score (nSPS) is 13.3. The first-order chi connectivity index (χ1) is 18.9. The van der Waals surface area contributed by atoms with Crippen LogP contribution in [0.25, 0.3) is 5.69 Å². The van der Waals surface area contributed by atoms with E-state index in [1.807, 2.05) is 32.0 Å². The van der Waals surface area contributed by atoms with E-state index < -0.39 is 11.7 Å². The molecule has 39 heavy (non-hydrogen) atoms. The van der Waals surface area contributed by atoms with Crippen molar-refractivity contribution in [2.24, 2.45) is 0 Å². The number of anilines is 5. The third-order valence-electron chi connectivity index (χ3n) is 5.96. The van der Waals surface area contributed by atoms with Crippen LogP contribution in [0.3, 0.4) is 0 Å². The van der Waals surface area contributed by atoms with E-state index >= 15 is 0 Å². The summed E-state index contributed by atoms with van der Waals surface area (Å²) >= 11 is 0. The first-order valence-corrected chi connectivity index (χ1v) is 12.6. The molecule has 4 aromatic rings. The first kappa shape index (κ1) is 27.8. The third kappa shape index (κ3) is 6.61. The van der Waals surface area contributed by atoms with Crippen molar-refractivity contribution in [1.82, 2.24) is 14.8 Å². The summed E-state index contributed by atoms with van der Waals surface area (Å²) in [5, 5.41) is 10.2. The number of hydrogen-bond acceptors (Lipinski definition) is 7. The molecule has 0 spiro atoms. The Labute approximate surface area is 225 Å². The zero-order valence-electron chi connectivity index (χ0n) is 22.0. The number of nitrogens with zero attached hydrogens (tertiary/aromatic N) is 4. The Morgan fingerprint density at radius 1 is 0.923 bits per heavy atom. The van der Waals surface area contributed by atoms with Gasteiger partial charge in [0.25, 0.3) is 0 Å². The highest BCUT2D eigenvalue weighted by atomic mass is 19.4. The number of aromatic nitrogens is 3. The Hall–Kier alpha value is -4.25. The van der Waals surface area contributed by atoms with E-state index in [2.05, 4.69) is 25.6 Å². The number of nitrogens with one attached hydrogen (secondary N) is 2. The third-order valence-corrected chi connectivity index (χ3v) is 5.96. The fourth-order valence-electron chi connectivity index (χ4n) is 4.13. The van der Waals surface area contributed by atoms with Crippen molar-refractivity contribution in [1.29, 1.82) is 0 Å². The highest BCUT2D eigenvalue weighted by Gasteiger charge is 2.34. The van der Waals surface area contributed by atoms with E-state index in [9.17, 15) is 13.2 Å². The zero-order chi connectivity index (χ0) is 27.8. The number of para-hydroxylation sites is 2. The van der Waals surface area contributed by atoms with Crippen LogP contribution in [0.1, 0.15) is 19.4 Å². The summed E-state index contributed by atoms with van der Waals surface area (Å²) in [5.74, 6) is 0.772. The molecule has 0 bridgehead atoms. The van der Waals surface area contributed by atoms with Crippen LogP contribution in [-0.4, -0.2) is 48.2 Å². The second kappa shape index (κ2) is 12.5. The molecule has 1 saturated heterocycles. The van der Waals surface area contributed by atoms with Gasteiger partial charge in [0.05, 0.1) is 48.6 Å². The number of halogens is 3. The van der Waals surface area contributed by atoms with Gasteiger partial charge in [-0.05, 0) is 30.3 Å². The SMILES string of the molecule is CC.COc1cc(N2CCOCC2)ccc1Nc1cc(Nc2ccccc2-n2cccn2)c(C(F)(F)F)cn1. The topological polar surface area (TPSA) is 76.5 Å². The molecule has 2 N–H and O–H groups in total. The van der Waals surface area contributed by atoms with Crippen molar-refractivity contribution in [2.75, 3.05) is 48.9 Å². The summed E-state index contributed by atoms with van der Waals surface area (Å²) in [6.45, 7) is 6.84. The van der Waals surface area contributed by atoms with Gasteiger partial charge in [0, 0.05) is 49.5 Å². The van der Waals surface area contributed by atoms with Gasteiger partial charge >= 0.3 is 6.18 Å². The molecule has 0 saturated carbocycles. The van der Waals surface area contributed by atoms with Gasteiger partial charge in [-0.3, -0.25) is 0 Å². The van der Waals surface area contributed by atoms with E-state index in [0.717, 1.165) is 25.0 Å². The van der Waals surface area contributed by atoms with Crippen LogP contribution < -0.4 is 20.3 Å². The molecule has 0 amide bonds. The Bertz CT molecular complexity index is 1360. The van der Waals surface area contributed by atoms with Crippen LogP contribution >= 0.6 is 0 Å². The largest absolute Gasteiger partial charge is 0.494 e. The Kier molecular flexibility index (Phi) is 8.92. The molecular formula is C28H31F3N6O2. The number of morpholine rings is 1. The molecule has 3 heterocycles. The second-order valence-corrected chi connectivity index (χ2v) is 8.31. The maximum Gasteiger partial charge on any atom is 0.419 e. The van der Waals surface area contributed by atoms with Gasteiger partial charge in [0.2, 0.25) is 0 Å². The van der Waals surface area contributed by atoms with Gasteiger partial charge < -0.3 is 25.0 Å². The minimum absolute atomic E-state index is 0.145. The van der Waals surface area contributed by atoms with Crippen LogP contribution in [0.4, 0.5) is 41.7 Å². The molecule has 2 aromatic carbocycles. The number of pyridine rings is 1. The van der Waals surface area contributed by atoms with Crippen molar-refractivity contribution in [3.63, 3.8) is 0 Å². The molecule has 11 heteroatoms. The van der Waals surface area contributed by atoms with Crippen molar-refractivity contribution >= 4 is 28.6 Å². The van der Waals surface area contributed by atoms with Crippen LogP contribution in [-0.2, 0) is 10.9 Å². The van der Waals surface area contributed by atoms with Crippen LogP contribution in [0.15, 0.2) is 73.2 Å². The maximum atomic E-state index is 13.9. The standard InChI is InChI=1S/C26H25F3N6O2.C2H6/c1-36-24-15-18(34-11-13-37-14-12-34)7-8-21(24)33-25-16-22(19(17-30-25)26(27,28)29)32-20-5-2-3-6-23(20)35-10-4-9-31-35;1-2/h2-10,15-17H,11-14H2,1H3,(H2,30,32,33);1-2H3. The lowest BCUT2D eigenvalue weighted by Crippen LogP contribution is -2.36. The number of alkyl halides is 3. The number of methoxy groups -OCH3 is 1. The highest BCUT2D eigenvalue weighted by molar-refractivity contribution is 5.75. The van der Waals surface area contributed by atoms with Gasteiger partial charge in [-0.15, -0.1) is 0 Å². The molecule has 1 aliphatic rings. The van der Waals surface area contributed by atoms with Gasteiger partial charge in [0.15, 0.2) is 0 Å². The molecule has 206 valence electrons. The molecule has 0 radical (unpaired) electrons. The van der Waals surface area contributed by atoms with Crippen LogP contribution in [0, 0.1) is 0 Å². The second-order valence-electron chi connectivity index (χ2n) is 8.31. The van der Waals surface area contributed by atoms with Gasteiger partial charge in [-0.25, -0.2) is 9.67 Å². The molecule has 0 unspecified atom stereocenters. The summed E-state index contributed by atoms with van der Waals surface area (Å²) < 4.78 is 54.2. The average molecular weight is 541 g/mol. The fraction of sp³-hybridized carbons (Fsp3) is 0.286. The predicted octanol–water partition coefficient (Wildman–Crippen LogP) is 6.64. The molecule has 1 aliphatic heterocycles. The Balaban J connectivity index is 0.00000172. The summed E-state index contributed by atoms with van der Waals surface area (Å²) in [5.41, 5.74) is 1.59. The number of ether oxygens (including phenoxy) is 2. The quantitative estimate of drug-likeness (QED) is 0.272. The lowest BCUT2D eigenvalue weighted by molar-refractivity contribution is -0.137. The van der Waals surface area contributed by atoms with Crippen LogP contribution in [0.2, 0.25) is 0 Å². The molecule has 5 rings (SSSR count). The fourth-order valence-corrected chi connectivity index (χ4v) is 4.13. The van der Waals surface area contributed by atoms with E-state index in [-0.39, 0.29) is 11.5 Å². The van der Waals surface area contributed by atoms with Crippen molar-refractivity contribution < 1.29 is 22.6 Å². The van der Waals surface area contributed by atoms with E-state index in [1.165, 1.54) is 6.07 Å². The minimum atomic E-state index is -4.61. The van der Waals surface area contributed by atoms with E-state index in [0.29, 0.717) is 36.0 Å². The van der Waals surface area contributed by atoms with E-state index in [1.54, 1.807) is 54.5 Å². The lowest BCUT2D eigenvalue weighted by atomic mass is 10.2. The first-order valence-electron chi connectivity index (χ1n) is 12.6. The van der Waals surface area contributed by atoms with E-state index in [4.69, 9.17) is 9.47 Å². The van der Waals surface area contributed by atoms with Gasteiger partial charge in [-0.2, -0.15) is 18.3 Å². The number of rotatable bonds is 7. The average Bonchev–Trinajstić information content (AvgIpc) is 3.50. The molecule has 0 aliphatic carbocycles. The highest BCUT2D eigenvalue weighted by Crippen LogP contribution is 2.39. The van der Waals surface area contributed by atoms with Crippen molar-refractivity contribution in [3.8, 4) is 11.4 Å². The zero-order valence-corrected chi connectivity index (χ0v) is 22.0. The number of hydrogen-bond donors (Lipinski definition) is 2. The molecule has 8 nitrogen and oxygen atoms in total. The summed E-state index contributed by atoms with van der Waals surface area (Å²) in [7, 11) is 1.54. The van der Waals surface area contributed by atoms with Gasteiger partial charge in [0.1, 0.15) is 11.6 Å². The van der Waals surface area contributed by atoms with Crippen LogP contribution in [0.5, 0.6) is 5.75 Å². The molecular weight excluding hydrogens is 509 g/mol. The summed E-state index contributed by atoms with van der Waals surface area (Å²) in [6.07, 6.45) is -0.469. The molecule has 0 atom stereocenters. The predicted molar refractivity (Wildman–Crippen MR) is 147 cm³/mol. The van der Waals surface area contributed by atoms with Crippen molar-refractivity contribution in [3.05, 3.63) is 78.8 Å².